The molecule has 4 heteroatoms. The summed E-state index contributed by atoms with van der Waals surface area (Å²) in [7, 11) is 1.80. The lowest BCUT2D eigenvalue weighted by atomic mass is 10.1. The van der Waals surface area contributed by atoms with Crippen LogP contribution in [0.4, 0.5) is 0 Å². The Morgan fingerprint density at radius 1 is 0.923 bits per heavy atom. The zero-order valence-electron chi connectivity index (χ0n) is 16.3. The standard InChI is InChI=1S/C22H31N3O/c1-17(2)18(3)25-22(23-4)24-14-20-11-8-12-21(13-20)16-26-15-19-9-6-5-7-10-19/h5-13,17-18H,14-16H2,1-4H3,(H2,23,24,25). The number of rotatable bonds is 8. The SMILES string of the molecule is CN=C(NCc1cccc(COCc2ccccc2)c1)NC(C)C(C)C. The molecule has 0 saturated carbocycles. The van der Waals surface area contributed by atoms with Crippen molar-refractivity contribution in [3.05, 3.63) is 71.3 Å². The minimum atomic E-state index is 0.374. The molecular formula is C22H31N3O. The zero-order valence-corrected chi connectivity index (χ0v) is 16.3. The van der Waals surface area contributed by atoms with Crippen molar-refractivity contribution in [1.29, 1.82) is 0 Å². The highest BCUT2D eigenvalue weighted by Gasteiger charge is 2.08. The summed E-state index contributed by atoms with van der Waals surface area (Å²) < 4.78 is 5.83. The van der Waals surface area contributed by atoms with Crippen molar-refractivity contribution < 1.29 is 4.74 Å². The number of nitrogens with zero attached hydrogens (tertiary/aromatic N) is 1. The molecule has 0 saturated heterocycles. The van der Waals surface area contributed by atoms with E-state index < -0.39 is 0 Å². The van der Waals surface area contributed by atoms with Gasteiger partial charge in [0.25, 0.3) is 0 Å². The van der Waals surface area contributed by atoms with Gasteiger partial charge in [-0.15, -0.1) is 0 Å². The average molecular weight is 354 g/mol. The van der Waals surface area contributed by atoms with Gasteiger partial charge < -0.3 is 15.4 Å². The van der Waals surface area contributed by atoms with E-state index in [9.17, 15) is 0 Å². The van der Waals surface area contributed by atoms with Crippen LogP contribution < -0.4 is 10.6 Å². The van der Waals surface area contributed by atoms with Gasteiger partial charge in [-0.1, -0.05) is 68.4 Å². The number of benzene rings is 2. The van der Waals surface area contributed by atoms with Gasteiger partial charge in [-0.05, 0) is 29.5 Å². The Bertz CT molecular complexity index is 683. The Kier molecular flexibility index (Phi) is 8.16. The molecule has 0 bridgehead atoms. The van der Waals surface area contributed by atoms with Gasteiger partial charge in [0, 0.05) is 19.6 Å². The van der Waals surface area contributed by atoms with Crippen molar-refractivity contribution in [2.45, 2.75) is 46.6 Å². The highest BCUT2D eigenvalue weighted by Crippen LogP contribution is 2.09. The first-order valence-corrected chi connectivity index (χ1v) is 9.25. The molecule has 2 N–H and O–H groups in total. The molecule has 2 aromatic carbocycles. The van der Waals surface area contributed by atoms with Crippen molar-refractivity contribution in [3.8, 4) is 0 Å². The lowest BCUT2D eigenvalue weighted by Crippen LogP contribution is -2.43. The van der Waals surface area contributed by atoms with Crippen LogP contribution in [0.3, 0.4) is 0 Å². The Morgan fingerprint density at radius 2 is 1.58 bits per heavy atom. The molecule has 0 radical (unpaired) electrons. The minimum Gasteiger partial charge on any atom is -0.372 e. The fourth-order valence-electron chi connectivity index (χ4n) is 2.45. The number of hydrogen-bond acceptors (Lipinski definition) is 2. The number of hydrogen-bond donors (Lipinski definition) is 2. The van der Waals surface area contributed by atoms with Crippen LogP contribution in [0.25, 0.3) is 0 Å². The van der Waals surface area contributed by atoms with Crippen molar-refractivity contribution in [3.63, 3.8) is 0 Å². The summed E-state index contributed by atoms with van der Waals surface area (Å²) in [4.78, 5) is 4.30. The van der Waals surface area contributed by atoms with Crippen molar-refractivity contribution in [1.82, 2.24) is 10.6 Å². The number of aliphatic imine (C=N–C) groups is 1. The van der Waals surface area contributed by atoms with Gasteiger partial charge in [0.2, 0.25) is 0 Å². The van der Waals surface area contributed by atoms with E-state index in [-0.39, 0.29) is 0 Å². The highest BCUT2D eigenvalue weighted by molar-refractivity contribution is 5.79. The van der Waals surface area contributed by atoms with E-state index in [1.165, 1.54) is 16.7 Å². The van der Waals surface area contributed by atoms with E-state index in [2.05, 4.69) is 72.8 Å². The van der Waals surface area contributed by atoms with E-state index in [0.29, 0.717) is 25.2 Å². The molecule has 1 atom stereocenters. The second kappa shape index (κ2) is 10.6. The maximum Gasteiger partial charge on any atom is 0.191 e. The van der Waals surface area contributed by atoms with Crippen molar-refractivity contribution in [2.75, 3.05) is 7.05 Å². The predicted octanol–water partition coefficient (Wildman–Crippen LogP) is 4.11. The lowest BCUT2D eigenvalue weighted by molar-refractivity contribution is 0.107. The molecule has 0 fully saturated rings. The second-order valence-corrected chi connectivity index (χ2v) is 6.90. The first-order valence-electron chi connectivity index (χ1n) is 9.25. The molecule has 26 heavy (non-hydrogen) atoms. The van der Waals surface area contributed by atoms with Crippen LogP contribution in [0, 0.1) is 5.92 Å². The molecule has 4 nitrogen and oxygen atoms in total. The molecular weight excluding hydrogens is 322 g/mol. The molecule has 0 aliphatic rings. The van der Waals surface area contributed by atoms with E-state index in [0.717, 1.165) is 12.5 Å². The van der Waals surface area contributed by atoms with Crippen molar-refractivity contribution >= 4 is 5.96 Å². The molecule has 2 rings (SSSR count). The number of ether oxygens (including phenoxy) is 1. The Hall–Kier alpha value is -2.33. The Labute approximate surface area is 157 Å². The van der Waals surface area contributed by atoms with E-state index >= 15 is 0 Å². The van der Waals surface area contributed by atoms with Gasteiger partial charge in [-0.25, -0.2) is 0 Å². The summed E-state index contributed by atoms with van der Waals surface area (Å²) in [6, 6.07) is 19.1. The molecule has 0 aliphatic heterocycles. The largest absolute Gasteiger partial charge is 0.372 e. The molecule has 0 aliphatic carbocycles. The summed E-state index contributed by atoms with van der Waals surface area (Å²) in [6.45, 7) is 8.54. The van der Waals surface area contributed by atoms with E-state index in [4.69, 9.17) is 4.74 Å². The third-order valence-electron chi connectivity index (χ3n) is 4.42. The van der Waals surface area contributed by atoms with Crippen LogP contribution in [0.2, 0.25) is 0 Å². The van der Waals surface area contributed by atoms with Crippen molar-refractivity contribution in [2.24, 2.45) is 10.9 Å². The quantitative estimate of drug-likeness (QED) is 0.554. The van der Waals surface area contributed by atoms with Crippen LogP contribution in [0.15, 0.2) is 59.6 Å². The topological polar surface area (TPSA) is 45.7 Å². The second-order valence-electron chi connectivity index (χ2n) is 6.90. The van der Waals surface area contributed by atoms with Gasteiger partial charge in [0.05, 0.1) is 13.2 Å². The molecule has 0 amide bonds. The maximum atomic E-state index is 5.83. The van der Waals surface area contributed by atoms with E-state index in [1.807, 2.05) is 18.2 Å². The smallest absolute Gasteiger partial charge is 0.191 e. The Balaban J connectivity index is 1.82. The molecule has 0 spiro atoms. The van der Waals surface area contributed by atoms with Crippen LogP contribution >= 0.6 is 0 Å². The van der Waals surface area contributed by atoms with Crippen LogP contribution in [0.5, 0.6) is 0 Å². The maximum absolute atomic E-state index is 5.83. The normalized spacial score (nSPS) is 12.9. The number of guanidine groups is 1. The van der Waals surface area contributed by atoms with Gasteiger partial charge in [-0.2, -0.15) is 0 Å². The number of nitrogens with one attached hydrogen (secondary N) is 2. The molecule has 1 unspecified atom stereocenters. The summed E-state index contributed by atoms with van der Waals surface area (Å²) in [5, 5.41) is 6.80. The third-order valence-corrected chi connectivity index (χ3v) is 4.42. The van der Waals surface area contributed by atoms with Gasteiger partial charge in [0.1, 0.15) is 0 Å². The first-order chi connectivity index (χ1) is 12.6. The molecule has 0 heterocycles. The van der Waals surface area contributed by atoms with E-state index in [1.54, 1.807) is 7.05 Å². The molecule has 0 aromatic heterocycles. The highest BCUT2D eigenvalue weighted by atomic mass is 16.5. The average Bonchev–Trinajstić information content (AvgIpc) is 2.66. The van der Waals surface area contributed by atoms with Gasteiger partial charge >= 0.3 is 0 Å². The van der Waals surface area contributed by atoms with Crippen LogP contribution in [-0.2, 0) is 24.5 Å². The first kappa shape index (κ1) is 20.0. The molecule has 2 aromatic rings. The van der Waals surface area contributed by atoms with Gasteiger partial charge in [0.15, 0.2) is 5.96 Å². The summed E-state index contributed by atoms with van der Waals surface area (Å²) >= 11 is 0. The minimum absolute atomic E-state index is 0.374. The molecule has 140 valence electrons. The summed E-state index contributed by atoms with van der Waals surface area (Å²) in [5.41, 5.74) is 3.59. The monoisotopic (exact) mass is 353 g/mol. The lowest BCUT2D eigenvalue weighted by Gasteiger charge is -2.20. The third kappa shape index (κ3) is 6.89. The predicted molar refractivity (Wildman–Crippen MR) is 109 cm³/mol. The summed E-state index contributed by atoms with van der Waals surface area (Å²) in [6.07, 6.45) is 0. The zero-order chi connectivity index (χ0) is 18.8. The Morgan fingerprint density at radius 3 is 2.27 bits per heavy atom. The van der Waals surface area contributed by atoms with Crippen LogP contribution in [0.1, 0.15) is 37.5 Å². The van der Waals surface area contributed by atoms with Crippen LogP contribution in [-0.4, -0.2) is 19.0 Å². The fourth-order valence-corrected chi connectivity index (χ4v) is 2.45. The summed E-state index contributed by atoms with van der Waals surface area (Å²) in [5.74, 6) is 1.38. The van der Waals surface area contributed by atoms with Gasteiger partial charge in [-0.3, -0.25) is 4.99 Å². The fraction of sp³-hybridized carbons (Fsp3) is 0.409.